The van der Waals surface area contributed by atoms with E-state index >= 15 is 8.78 Å². The van der Waals surface area contributed by atoms with E-state index in [1.807, 2.05) is 0 Å². The van der Waals surface area contributed by atoms with E-state index in [-0.39, 0.29) is 52.2 Å². The molecule has 5 nitrogen and oxygen atoms in total. The second kappa shape index (κ2) is 10.1. The van der Waals surface area contributed by atoms with E-state index in [0.717, 1.165) is 0 Å². The van der Waals surface area contributed by atoms with Crippen molar-refractivity contribution in [3.8, 4) is 5.75 Å². The Kier molecular flexibility index (Phi) is 8.50. The van der Waals surface area contributed by atoms with Crippen LogP contribution in [0.1, 0.15) is 31.6 Å². The van der Waals surface area contributed by atoms with Crippen molar-refractivity contribution in [3.63, 3.8) is 0 Å². The van der Waals surface area contributed by atoms with Crippen LogP contribution in [0.4, 0.5) is 27.6 Å². The van der Waals surface area contributed by atoms with Crippen LogP contribution < -0.4 is 4.74 Å². The van der Waals surface area contributed by atoms with Gasteiger partial charge in [-0.05, 0) is 48.3 Å². The largest absolute Gasteiger partial charge is 0.493 e. The predicted octanol–water partition coefficient (Wildman–Crippen LogP) is 8.25. The fourth-order valence-corrected chi connectivity index (χ4v) is 6.63. The predicted molar refractivity (Wildman–Crippen MR) is 111 cm³/mol. The van der Waals surface area contributed by atoms with Crippen LogP contribution in [0.15, 0.2) is 16.6 Å². The van der Waals surface area contributed by atoms with E-state index in [4.69, 9.17) is 20.4 Å². The molecule has 0 radical (unpaired) electrons. The SMILES string of the molecule is [C-]#[N+]c1cc(OCCCC(F)(F)F)c2sc(C(F)(F)P(=O)(OCC)OCC)c(Br)c2c1. The second-order valence-corrected chi connectivity index (χ2v) is 10.0. The molecule has 172 valence electrons. The molecule has 0 bridgehead atoms. The number of thiophene rings is 1. The molecule has 0 saturated carbocycles. The van der Waals surface area contributed by atoms with Crippen molar-refractivity contribution in [1.82, 2.24) is 0 Å². The summed E-state index contributed by atoms with van der Waals surface area (Å²) < 4.78 is 95.4. The molecule has 0 unspecified atom stereocenters. The van der Waals surface area contributed by atoms with Crippen LogP contribution in [-0.4, -0.2) is 26.0 Å². The highest BCUT2D eigenvalue weighted by Crippen LogP contribution is 2.69. The van der Waals surface area contributed by atoms with Crippen LogP contribution in [0.25, 0.3) is 14.9 Å². The van der Waals surface area contributed by atoms with Crippen LogP contribution in [0, 0.1) is 6.57 Å². The average Bonchev–Trinajstić information content (AvgIpc) is 3.02. The molecule has 0 aliphatic carbocycles. The maximum Gasteiger partial charge on any atom is 0.405 e. The van der Waals surface area contributed by atoms with Gasteiger partial charge in [0.25, 0.3) is 0 Å². The van der Waals surface area contributed by atoms with Gasteiger partial charge in [0.05, 0.1) is 31.1 Å². The molecule has 0 aliphatic heterocycles. The monoisotopic (exact) mass is 549 g/mol. The molecule has 2 rings (SSSR count). The zero-order valence-electron chi connectivity index (χ0n) is 16.4. The van der Waals surface area contributed by atoms with Gasteiger partial charge in [-0.2, -0.15) is 22.0 Å². The molecule has 13 heteroatoms. The minimum absolute atomic E-state index is 0.0129. The van der Waals surface area contributed by atoms with Gasteiger partial charge < -0.3 is 13.8 Å². The van der Waals surface area contributed by atoms with Gasteiger partial charge in [-0.1, -0.05) is 0 Å². The highest BCUT2D eigenvalue weighted by molar-refractivity contribution is 9.10. The third-order valence-corrected chi connectivity index (χ3v) is 8.52. The zero-order chi connectivity index (χ0) is 23.4. The summed E-state index contributed by atoms with van der Waals surface area (Å²) in [5.41, 5.74) is -3.97. The van der Waals surface area contributed by atoms with E-state index in [1.54, 1.807) is 0 Å². The number of hydrogen-bond acceptors (Lipinski definition) is 5. The minimum atomic E-state index is -4.88. The van der Waals surface area contributed by atoms with Gasteiger partial charge in [-0.3, -0.25) is 4.57 Å². The molecule has 1 aromatic carbocycles. The smallest absolute Gasteiger partial charge is 0.405 e. The van der Waals surface area contributed by atoms with Crippen molar-refractivity contribution in [2.45, 2.75) is 38.5 Å². The van der Waals surface area contributed by atoms with Crippen molar-refractivity contribution in [1.29, 1.82) is 0 Å². The normalized spacial score (nSPS) is 12.9. The number of hydrogen-bond donors (Lipinski definition) is 0. The summed E-state index contributed by atoms with van der Waals surface area (Å²) in [7, 11) is -4.88. The van der Waals surface area contributed by atoms with E-state index in [1.165, 1.54) is 26.0 Å². The lowest BCUT2D eigenvalue weighted by molar-refractivity contribution is -0.136. The molecular formula is C18H18BrF5NO4PS. The van der Waals surface area contributed by atoms with Gasteiger partial charge in [-0.25, -0.2) is 4.85 Å². The molecule has 31 heavy (non-hydrogen) atoms. The third-order valence-electron chi connectivity index (χ3n) is 3.89. The topological polar surface area (TPSA) is 49.1 Å². The second-order valence-electron chi connectivity index (χ2n) is 6.12. The lowest BCUT2D eigenvalue weighted by Crippen LogP contribution is -2.17. The molecule has 1 aromatic heterocycles. The van der Waals surface area contributed by atoms with E-state index in [2.05, 4.69) is 20.8 Å². The number of benzene rings is 1. The first-order valence-corrected chi connectivity index (χ1v) is 12.2. The van der Waals surface area contributed by atoms with E-state index < -0.39 is 30.7 Å². The van der Waals surface area contributed by atoms with Gasteiger partial charge in [0.2, 0.25) is 0 Å². The minimum Gasteiger partial charge on any atom is -0.493 e. The molecule has 0 saturated heterocycles. The number of halogens is 6. The molecule has 1 heterocycles. The standard InChI is InChI=1S/C18H18BrF5NO4PS/c1-4-28-30(26,29-5-2)18(23,24)16-14(19)12-9-11(25-3)10-13(15(12)31-16)27-8-6-7-17(20,21)22/h9-10H,4-8H2,1-2H3. The Morgan fingerprint density at radius 1 is 1.16 bits per heavy atom. The maximum absolute atomic E-state index is 15.3. The zero-order valence-corrected chi connectivity index (χ0v) is 19.7. The van der Waals surface area contributed by atoms with Gasteiger partial charge in [0.15, 0.2) is 5.69 Å². The quantitative estimate of drug-likeness (QED) is 0.129. The van der Waals surface area contributed by atoms with Crippen LogP contribution in [-0.2, 0) is 19.3 Å². The van der Waals surface area contributed by atoms with Crippen molar-refractivity contribution in [3.05, 3.63) is 32.9 Å². The Hall–Kier alpha value is -1.25. The molecule has 0 fully saturated rings. The van der Waals surface area contributed by atoms with Crippen LogP contribution >= 0.6 is 34.9 Å². The Morgan fingerprint density at radius 3 is 2.29 bits per heavy atom. The summed E-state index contributed by atoms with van der Waals surface area (Å²) in [5, 5.41) is 0.179. The number of fused-ring (bicyclic) bond motifs is 1. The van der Waals surface area contributed by atoms with Crippen molar-refractivity contribution in [2.24, 2.45) is 0 Å². The molecule has 0 aliphatic rings. The molecular weight excluding hydrogens is 532 g/mol. The lowest BCUT2D eigenvalue weighted by Gasteiger charge is -2.25. The summed E-state index contributed by atoms with van der Waals surface area (Å²) in [5.74, 6) is -0.0129. The first kappa shape index (κ1) is 26.0. The van der Waals surface area contributed by atoms with Crippen molar-refractivity contribution >= 4 is 50.6 Å². The van der Waals surface area contributed by atoms with Gasteiger partial charge in [0, 0.05) is 16.3 Å². The van der Waals surface area contributed by atoms with Crippen LogP contribution in [0.5, 0.6) is 5.75 Å². The fourth-order valence-electron chi connectivity index (χ4n) is 2.61. The number of ether oxygens (including phenoxy) is 1. The lowest BCUT2D eigenvalue weighted by atomic mass is 10.2. The molecule has 0 spiro atoms. The van der Waals surface area contributed by atoms with Gasteiger partial charge in [-0.15, -0.1) is 11.3 Å². The summed E-state index contributed by atoms with van der Waals surface area (Å²) in [6.07, 6.45) is -5.76. The first-order chi connectivity index (χ1) is 14.4. The number of rotatable bonds is 10. The summed E-state index contributed by atoms with van der Waals surface area (Å²) in [6, 6.07) is 2.59. The Bertz CT molecular complexity index is 1010. The number of nitrogens with zero attached hydrogens (tertiary/aromatic N) is 1. The molecule has 0 amide bonds. The Labute approximate surface area is 188 Å². The molecule has 0 atom stereocenters. The Balaban J connectivity index is 2.52. The average molecular weight is 550 g/mol. The maximum atomic E-state index is 15.3. The third kappa shape index (κ3) is 5.76. The van der Waals surface area contributed by atoms with Gasteiger partial charge in [0.1, 0.15) is 10.6 Å². The molecule has 0 N–H and O–H groups in total. The first-order valence-electron chi connectivity index (χ1n) is 9.00. The van der Waals surface area contributed by atoms with Crippen molar-refractivity contribution in [2.75, 3.05) is 19.8 Å². The summed E-state index contributed by atoms with van der Waals surface area (Å²) in [6.45, 7) is 9.12. The van der Waals surface area contributed by atoms with Gasteiger partial charge >= 0.3 is 19.4 Å². The highest BCUT2D eigenvalue weighted by atomic mass is 79.9. The van der Waals surface area contributed by atoms with E-state index in [9.17, 15) is 17.7 Å². The molecule has 2 aromatic rings. The fraction of sp³-hybridized carbons (Fsp3) is 0.500. The summed E-state index contributed by atoms with van der Waals surface area (Å²) in [4.78, 5) is 2.59. The van der Waals surface area contributed by atoms with Crippen LogP contribution in [0.3, 0.4) is 0 Å². The Morgan fingerprint density at radius 2 is 1.77 bits per heavy atom. The van der Waals surface area contributed by atoms with Crippen LogP contribution in [0.2, 0.25) is 0 Å². The van der Waals surface area contributed by atoms with Crippen molar-refractivity contribution < 1.29 is 40.3 Å². The highest BCUT2D eigenvalue weighted by Gasteiger charge is 2.57. The van der Waals surface area contributed by atoms with E-state index in [0.29, 0.717) is 11.3 Å². The number of alkyl halides is 5. The summed E-state index contributed by atoms with van der Waals surface area (Å²) >= 11 is 3.62.